The number of hydrogen-bond donors (Lipinski definition) is 3. The summed E-state index contributed by atoms with van der Waals surface area (Å²) in [6.07, 6.45) is 6.06. The fraction of sp³-hybridized carbons (Fsp3) is 0.500. The van der Waals surface area contributed by atoms with Crippen molar-refractivity contribution in [2.75, 3.05) is 0 Å². The SMILES string of the molecule is O=C(CCc1cc2ccccc2o1)NC1NNC2CCCCC21. The lowest BCUT2D eigenvalue weighted by Gasteiger charge is -2.27. The number of benzene rings is 1. The molecule has 3 atom stereocenters. The molecule has 1 saturated heterocycles. The van der Waals surface area contributed by atoms with Gasteiger partial charge in [-0.2, -0.15) is 0 Å². The molecular formula is C18H23N3O2. The van der Waals surface area contributed by atoms with Crippen LogP contribution in [0.2, 0.25) is 0 Å². The normalized spacial score (nSPS) is 27.0. The molecule has 2 aliphatic rings. The van der Waals surface area contributed by atoms with Crippen LogP contribution in [0.15, 0.2) is 34.7 Å². The van der Waals surface area contributed by atoms with E-state index in [1.807, 2.05) is 30.3 Å². The second-order valence-electron chi connectivity index (χ2n) is 6.64. The molecule has 4 rings (SSSR count). The maximum atomic E-state index is 12.2. The van der Waals surface area contributed by atoms with E-state index >= 15 is 0 Å². The van der Waals surface area contributed by atoms with Crippen molar-refractivity contribution < 1.29 is 9.21 Å². The molecule has 1 aliphatic carbocycles. The van der Waals surface area contributed by atoms with E-state index in [-0.39, 0.29) is 12.1 Å². The Morgan fingerprint density at radius 2 is 2.09 bits per heavy atom. The van der Waals surface area contributed by atoms with Crippen molar-refractivity contribution in [2.45, 2.75) is 50.7 Å². The third-order valence-electron chi connectivity index (χ3n) is 5.06. The molecule has 0 spiro atoms. The van der Waals surface area contributed by atoms with E-state index in [4.69, 9.17) is 4.42 Å². The number of fused-ring (bicyclic) bond motifs is 2. The van der Waals surface area contributed by atoms with Crippen LogP contribution in [-0.2, 0) is 11.2 Å². The number of hydrogen-bond acceptors (Lipinski definition) is 4. The van der Waals surface area contributed by atoms with Crippen molar-refractivity contribution >= 4 is 16.9 Å². The third-order valence-corrected chi connectivity index (χ3v) is 5.06. The molecule has 0 radical (unpaired) electrons. The summed E-state index contributed by atoms with van der Waals surface area (Å²) in [5.74, 6) is 1.46. The van der Waals surface area contributed by atoms with Gasteiger partial charge in [-0.15, -0.1) is 0 Å². The number of furan rings is 1. The van der Waals surface area contributed by atoms with Gasteiger partial charge < -0.3 is 9.73 Å². The summed E-state index contributed by atoms with van der Waals surface area (Å²) in [4.78, 5) is 12.2. The zero-order valence-electron chi connectivity index (χ0n) is 13.2. The van der Waals surface area contributed by atoms with Crippen molar-refractivity contribution in [3.63, 3.8) is 0 Å². The molecule has 3 unspecified atom stereocenters. The van der Waals surface area contributed by atoms with Crippen LogP contribution < -0.4 is 16.2 Å². The van der Waals surface area contributed by atoms with Gasteiger partial charge in [0.2, 0.25) is 5.91 Å². The van der Waals surface area contributed by atoms with Crippen LogP contribution in [0.5, 0.6) is 0 Å². The summed E-state index contributed by atoms with van der Waals surface area (Å²) in [7, 11) is 0. The van der Waals surface area contributed by atoms with Crippen molar-refractivity contribution in [2.24, 2.45) is 5.92 Å². The monoisotopic (exact) mass is 313 g/mol. The van der Waals surface area contributed by atoms with Crippen LogP contribution in [0.25, 0.3) is 11.0 Å². The van der Waals surface area contributed by atoms with Gasteiger partial charge in [-0.1, -0.05) is 31.0 Å². The molecular weight excluding hydrogens is 290 g/mol. The van der Waals surface area contributed by atoms with Crippen molar-refractivity contribution in [1.29, 1.82) is 0 Å². The van der Waals surface area contributed by atoms with Gasteiger partial charge in [-0.05, 0) is 25.0 Å². The minimum Gasteiger partial charge on any atom is -0.461 e. The first-order chi connectivity index (χ1) is 11.3. The van der Waals surface area contributed by atoms with Gasteiger partial charge in [0.1, 0.15) is 11.3 Å². The molecule has 3 N–H and O–H groups in total. The number of hydrazine groups is 1. The lowest BCUT2D eigenvalue weighted by atomic mass is 9.84. The number of aryl methyl sites for hydroxylation is 1. The summed E-state index contributed by atoms with van der Waals surface area (Å²) in [6, 6.07) is 10.5. The van der Waals surface area contributed by atoms with Crippen LogP contribution in [0.3, 0.4) is 0 Å². The molecule has 2 fully saturated rings. The number of carbonyl (C=O) groups is 1. The van der Waals surface area contributed by atoms with Crippen LogP contribution in [0.4, 0.5) is 0 Å². The first kappa shape index (κ1) is 14.7. The average molecular weight is 313 g/mol. The van der Waals surface area contributed by atoms with E-state index in [0.29, 0.717) is 24.8 Å². The van der Waals surface area contributed by atoms with Crippen LogP contribution in [0, 0.1) is 5.92 Å². The topological polar surface area (TPSA) is 66.3 Å². The maximum Gasteiger partial charge on any atom is 0.221 e. The predicted molar refractivity (Wildman–Crippen MR) is 88.5 cm³/mol. The molecule has 2 aromatic rings. The Labute approximate surface area is 135 Å². The second-order valence-corrected chi connectivity index (χ2v) is 6.64. The van der Waals surface area contributed by atoms with Gasteiger partial charge in [0.05, 0.1) is 6.17 Å². The van der Waals surface area contributed by atoms with Crippen molar-refractivity contribution in [1.82, 2.24) is 16.2 Å². The van der Waals surface area contributed by atoms with Gasteiger partial charge in [-0.25, -0.2) is 5.43 Å². The summed E-state index contributed by atoms with van der Waals surface area (Å²) in [5.41, 5.74) is 7.45. The second kappa shape index (κ2) is 6.34. The van der Waals surface area contributed by atoms with Gasteiger partial charge in [0.25, 0.3) is 0 Å². The van der Waals surface area contributed by atoms with E-state index in [0.717, 1.165) is 16.7 Å². The first-order valence-corrected chi connectivity index (χ1v) is 8.57. The molecule has 0 bridgehead atoms. The molecule has 23 heavy (non-hydrogen) atoms. The third kappa shape index (κ3) is 3.12. The Balaban J connectivity index is 1.31. The Morgan fingerprint density at radius 1 is 1.22 bits per heavy atom. The molecule has 2 heterocycles. The lowest BCUT2D eigenvalue weighted by molar-refractivity contribution is -0.122. The number of carbonyl (C=O) groups excluding carboxylic acids is 1. The van der Waals surface area contributed by atoms with Crippen LogP contribution >= 0.6 is 0 Å². The summed E-state index contributed by atoms with van der Waals surface area (Å²) < 4.78 is 5.77. The molecule has 1 aromatic carbocycles. The minimum atomic E-state index is 0.0588. The maximum absolute atomic E-state index is 12.2. The van der Waals surface area contributed by atoms with Gasteiger partial charge in [0, 0.05) is 30.2 Å². The van der Waals surface area contributed by atoms with E-state index in [9.17, 15) is 4.79 Å². The fourth-order valence-electron chi connectivity index (χ4n) is 3.83. The average Bonchev–Trinajstić information content (AvgIpc) is 3.17. The van der Waals surface area contributed by atoms with E-state index in [1.165, 1.54) is 25.7 Å². The highest BCUT2D eigenvalue weighted by Gasteiger charge is 2.37. The van der Waals surface area contributed by atoms with Gasteiger partial charge >= 0.3 is 0 Å². The lowest BCUT2D eigenvalue weighted by Crippen LogP contribution is -2.47. The Bertz CT molecular complexity index is 663. The molecule has 5 nitrogen and oxygen atoms in total. The smallest absolute Gasteiger partial charge is 0.221 e. The number of rotatable bonds is 4. The summed E-state index contributed by atoms with van der Waals surface area (Å²) in [5, 5.41) is 4.22. The highest BCUT2D eigenvalue weighted by molar-refractivity contribution is 5.79. The van der Waals surface area contributed by atoms with E-state index < -0.39 is 0 Å². The number of nitrogens with one attached hydrogen (secondary N) is 3. The zero-order chi connectivity index (χ0) is 15.6. The fourth-order valence-corrected chi connectivity index (χ4v) is 3.83. The van der Waals surface area contributed by atoms with E-state index in [2.05, 4.69) is 16.2 Å². The van der Waals surface area contributed by atoms with Crippen LogP contribution in [0.1, 0.15) is 37.9 Å². The largest absolute Gasteiger partial charge is 0.461 e. The van der Waals surface area contributed by atoms with Crippen LogP contribution in [-0.4, -0.2) is 18.1 Å². The van der Waals surface area contributed by atoms with Gasteiger partial charge in [0.15, 0.2) is 0 Å². The number of para-hydroxylation sites is 1. The molecule has 1 aliphatic heterocycles. The van der Waals surface area contributed by atoms with Crippen molar-refractivity contribution in [3.05, 3.63) is 36.1 Å². The minimum absolute atomic E-state index is 0.0588. The Kier molecular flexibility index (Phi) is 4.06. The highest BCUT2D eigenvalue weighted by Crippen LogP contribution is 2.29. The summed E-state index contributed by atoms with van der Waals surface area (Å²) >= 11 is 0. The molecule has 1 saturated carbocycles. The zero-order valence-corrected chi connectivity index (χ0v) is 13.2. The number of amides is 1. The Morgan fingerprint density at radius 3 is 3.00 bits per heavy atom. The Hall–Kier alpha value is -1.85. The molecule has 5 heteroatoms. The predicted octanol–water partition coefficient (Wildman–Crippen LogP) is 2.47. The highest BCUT2D eigenvalue weighted by atomic mass is 16.3. The van der Waals surface area contributed by atoms with Gasteiger partial charge in [-0.3, -0.25) is 10.2 Å². The molecule has 1 aromatic heterocycles. The first-order valence-electron chi connectivity index (χ1n) is 8.57. The molecule has 1 amide bonds. The quantitative estimate of drug-likeness (QED) is 0.811. The van der Waals surface area contributed by atoms with Crippen molar-refractivity contribution in [3.8, 4) is 0 Å². The summed E-state index contributed by atoms with van der Waals surface area (Å²) in [6.45, 7) is 0. The molecule has 122 valence electrons. The van der Waals surface area contributed by atoms with E-state index in [1.54, 1.807) is 0 Å². The standard InChI is InChI=1S/C18H23N3O2/c22-17(19-18-14-6-2-3-7-15(14)20-21-18)10-9-13-11-12-5-1-4-8-16(12)23-13/h1,4-5,8,11,14-15,18,20-21H,2-3,6-7,9-10H2,(H,19,22).